The molecule has 0 bridgehead atoms. The summed E-state index contributed by atoms with van der Waals surface area (Å²) in [7, 11) is 0. The number of carbonyl (C=O) groups is 1. The number of rotatable bonds is 1. The monoisotopic (exact) mass is 331 g/mol. The van der Waals surface area contributed by atoms with E-state index in [4.69, 9.17) is 23.2 Å². The highest BCUT2D eigenvalue weighted by molar-refractivity contribution is 6.36. The molecule has 2 atom stereocenters. The Hall–Kier alpha value is -1.35. The predicted octanol–water partition coefficient (Wildman–Crippen LogP) is 4.55. The maximum Gasteiger partial charge on any atom is 0.167 e. The van der Waals surface area contributed by atoms with E-state index >= 15 is 0 Å². The lowest BCUT2D eigenvalue weighted by molar-refractivity contribution is 0.0904. The number of hydrogen-bond acceptors (Lipinski definition) is 2. The molecule has 1 heterocycles. The molecule has 2 aliphatic rings. The Balaban J connectivity index is 1.90. The lowest BCUT2D eigenvalue weighted by atomic mass is 9.87. The second-order valence-electron chi connectivity index (χ2n) is 5.96. The minimum atomic E-state index is 0.114. The first kappa shape index (κ1) is 14.3. The number of Topliss-reactive ketones (excluding diaryl/α,β-unsaturated/α-hetero) is 1. The van der Waals surface area contributed by atoms with Crippen LogP contribution in [0.15, 0.2) is 36.4 Å². The van der Waals surface area contributed by atoms with Crippen LogP contribution in [0.3, 0.4) is 0 Å². The van der Waals surface area contributed by atoms with Crippen LogP contribution in [0.5, 0.6) is 0 Å². The maximum atomic E-state index is 12.9. The SMILES string of the molecule is O=C1c2c(-c3ccc(Cl)cc3Cl)cccc2[C@@H]2CNCC[C@H]12. The molecule has 0 saturated carbocycles. The first-order chi connectivity index (χ1) is 10.7. The third-order valence-electron chi connectivity index (χ3n) is 4.78. The summed E-state index contributed by atoms with van der Waals surface area (Å²) in [5.74, 6) is 0.675. The van der Waals surface area contributed by atoms with Gasteiger partial charge < -0.3 is 5.32 Å². The van der Waals surface area contributed by atoms with Gasteiger partial charge in [0.05, 0.1) is 0 Å². The van der Waals surface area contributed by atoms with E-state index in [0.29, 0.717) is 16.0 Å². The van der Waals surface area contributed by atoms with Crippen molar-refractivity contribution in [2.24, 2.45) is 5.92 Å². The van der Waals surface area contributed by atoms with Crippen molar-refractivity contribution in [2.75, 3.05) is 13.1 Å². The molecule has 1 saturated heterocycles. The van der Waals surface area contributed by atoms with Crippen LogP contribution in [-0.2, 0) is 0 Å². The molecule has 1 fully saturated rings. The molecule has 0 amide bonds. The van der Waals surface area contributed by atoms with Crippen LogP contribution >= 0.6 is 23.2 Å². The molecule has 4 heteroatoms. The molecule has 2 aromatic rings. The van der Waals surface area contributed by atoms with Crippen molar-refractivity contribution in [3.8, 4) is 11.1 Å². The van der Waals surface area contributed by atoms with Crippen molar-refractivity contribution in [3.63, 3.8) is 0 Å². The molecule has 1 aliphatic heterocycles. The van der Waals surface area contributed by atoms with Gasteiger partial charge in [-0.15, -0.1) is 0 Å². The lowest BCUT2D eigenvalue weighted by Gasteiger charge is -2.25. The molecule has 1 aliphatic carbocycles. The Morgan fingerprint density at radius 1 is 1.05 bits per heavy atom. The van der Waals surface area contributed by atoms with E-state index in [9.17, 15) is 4.79 Å². The highest BCUT2D eigenvalue weighted by Gasteiger charge is 2.42. The Bertz CT molecular complexity index is 772. The van der Waals surface area contributed by atoms with Crippen LogP contribution in [-0.4, -0.2) is 18.9 Å². The van der Waals surface area contributed by atoms with Crippen LogP contribution in [0.1, 0.15) is 28.3 Å². The number of fused-ring (bicyclic) bond motifs is 3. The van der Waals surface area contributed by atoms with Gasteiger partial charge >= 0.3 is 0 Å². The minimum absolute atomic E-state index is 0.114. The van der Waals surface area contributed by atoms with Crippen molar-refractivity contribution in [1.82, 2.24) is 5.32 Å². The van der Waals surface area contributed by atoms with E-state index in [-0.39, 0.29) is 11.7 Å². The number of halogens is 2. The van der Waals surface area contributed by atoms with Crippen LogP contribution in [0.25, 0.3) is 11.1 Å². The molecule has 4 rings (SSSR count). The largest absolute Gasteiger partial charge is 0.316 e. The molecule has 0 aromatic heterocycles. The molecule has 112 valence electrons. The lowest BCUT2D eigenvalue weighted by Crippen LogP contribution is -2.34. The molecule has 0 spiro atoms. The fourth-order valence-electron chi connectivity index (χ4n) is 3.77. The third-order valence-corrected chi connectivity index (χ3v) is 5.33. The Morgan fingerprint density at radius 2 is 1.91 bits per heavy atom. The summed E-state index contributed by atoms with van der Waals surface area (Å²) >= 11 is 12.3. The number of ketones is 1. The third kappa shape index (κ3) is 2.10. The zero-order valence-electron chi connectivity index (χ0n) is 11.9. The summed E-state index contributed by atoms with van der Waals surface area (Å²) < 4.78 is 0. The van der Waals surface area contributed by atoms with Crippen molar-refractivity contribution in [1.29, 1.82) is 0 Å². The molecule has 2 aromatic carbocycles. The Kier molecular flexibility index (Phi) is 3.48. The average molecular weight is 332 g/mol. The molecule has 0 unspecified atom stereocenters. The van der Waals surface area contributed by atoms with Crippen LogP contribution in [0, 0.1) is 5.92 Å². The van der Waals surface area contributed by atoms with Crippen molar-refractivity contribution in [3.05, 3.63) is 57.6 Å². The second kappa shape index (κ2) is 5.38. The number of benzene rings is 2. The highest BCUT2D eigenvalue weighted by Crippen LogP contribution is 2.45. The summed E-state index contributed by atoms with van der Waals surface area (Å²) in [6.45, 7) is 1.79. The second-order valence-corrected chi connectivity index (χ2v) is 6.81. The number of hydrogen-bond donors (Lipinski definition) is 1. The van der Waals surface area contributed by atoms with Crippen molar-refractivity contribution in [2.45, 2.75) is 12.3 Å². The van der Waals surface area contributed by atoms with Gasteiger partial charge in [0.1, 0.15) is 0 Å². The quantitative estimate of drug-likeness (QED) is 0.830. The van der Waals surface area contributed by atoms with Gasteiger partial charge in [0, 0.05) is 39.6 Å². The minimum Gasteiger partial charge on any atom is -0.316 e. The summed E-state index contributed by atoms with van der Waals surface area (Å²) in [5.41, 5.74) is 3.82. The van der Waals surface area contributed by atoms with E-state index in [2.05, 4.69) is 11.4 Å². The zero-order chi connectivity index (χ0) is 15.3. The predicted molar refractivity (Wildman–Crippen MR) is 89.9 cm³/mol. The Labute approximate surface area is 139 Å². The van der Waals surface area contributed by atoms with E-state index in [0.717, 1.165) is 41.8 Å². The molecular weight excluding hydrogens is 317 g/mol. The molecule has 0 radical (unpaired) electrons. The highest BCUT2D eigenvalue weighted by atomic mass is 35.5. The molecular formula is C18H15Cl2NO. The topological polar surface area (TPSA) is 29.1 Å². The molecule has 22 heavy (non-hydrogen) atoms. The molecule has 2 nitrogen and oxygen atoms in total. The normalized spacial score (nSPS) is 23.3. The summed E-state index contributed by atoms with van der Waals surface area (Å²) in [5, 5.41) is 4.59. The van der Waals surface area contributed by atoms with Crippen molar-refractivity contribution >= 4 is 29.0 Å². The van der Waals surface area contributed by atoms with E-state index < -0.39 is 0 Å². The van der Waals surface area contributed by atoms with Gasteiger partial charge in [-0.1, -0.05) is 47.5 Å². The zero-order valence-corrected chi connectivity index (χ0v) is 13.4. The summed E-state index contributed by atoms with van der Waals surface area (Å²) in [6.07, 6.45) is 0.909. The standard InChI is InChI=1S/C18H15Cl2NO/c19-10-4-5-11(16(20)8-10)12-2-1-3-13-15-9-21-7-6-14(15)18(22)17(12)13/h1-5,8,14-15,21H,6-7,9H2/t14-,15-/m0/s1. The average Bonchev–Trinajstić information content (AvgIpc) is 2.82. The number of carbonyl (C=O) groups excluding carboxylic acids is 1. The first-order valence-corrected chi connectivity index (χ1v) is 8.25. The van der Waals surface area contributed by atoms with Gasteiger partial charge in [-0.2, -0.15) is 0 Å². The van der Waals surface area contributed by atoms with E-state index in [1.54, 1.807) is 6.07 Å². The van der Waals surface area contributed by atoms with E-state index in [1.165, 1.54) is 0 Å². The van der Waals surface area contributed by atoms with Crippen LogP contribution in [0.4, 0.5) is 0 Å². The Morgan fingerprint density at radius 3 is 2.73 bits per heavy atom. The first-order valence-electron chi connectivity index (χ1n) is 7.50. The van der Waals surface area contributed by atoms with Gasteiger partial charge in [0.25, 0.3) is 0 Å². The fraction of sp³-hybridized carbons (Fsp3) is 0.278. The smallest absolute Gasteiger partial charge is 0.167 e. The van der Waals surface area contributed by atoms with Crippen molar-refractivity contribution < 1.29 is 4.79 Å². The van der Waals surface area contributed by atoms with Gasteiger partial charge in [-0.05, 0) is 36.2 Å². The fourth-order valence-corrected chi connectivity index (χ4v) is 4.28. The maximum absolute atomic E-state index is 12.9. The van der Waals surface area contributed by atoms with Crippen LogP contribution < -0.4 is 5.32 Å². The van der Waals surface area contributed by atoms with Gasteiger partial charge in [-0.25, -0.2) is 0 Å². The summed E-state index contributed by atoms with van der Waals surface area (Å²) in [4.78, 5) is 12.9. The van der Waals surface area contributed by atoms with Crippen LogP contribution in [0.2, 0.25) is 10.0 Å². The summed E-state index contributed by atoms with van der Waals surface area (Å²) in [6, 6.07) is 11.5. The molecule has 1 N–H and O–H groups in total. The van der Waals surface area contributed by atoms with E-state index in [1.807, 2.05) is 24.3 Å². The van der Waals surface area contributed by atoms with Gasteiger partial charge in [0.2, 0.25) is 0 Å². The van der Waals surface area contributed by atoms with Gasteiger partial charge in [0.15, 0.2) is 5.78 Å². The van der Waals surface area contributed by atoms with Gasteiger partial charge in [-0.3, -0.25) is 4.79 Å². The number of nitrogens with one attached hydrogen (secondary N) is 1. The number of piperidine rings is 1.